The summed E-state index contributed by atoms with van der Waals surface area (Å²) >= 11 is 1.65. The molecule has 1 aromatic rings. The van der Waals surface area contributed by atoms with Crippen molar-refractivity contribution in [3.8, 4) is 0 Å². The molecule has 4 nitrogen and oxygen atoms in total. The number of carbonyl (C=O) groups excluding carboxylic acids is 1. The molecule has 4 atom stereocenters. The summed E-state index contributed by atoms with van der Waals surface area (Å²) in [6, 6.07) is 10.1. The van der Waals surface area contributed by atoms with Gasteiger partial charge in [-0.1, -0.05) is 24.6 Å². The smallest absolute Gasteiger partial charge is 0.313 e. The van der Waals surface area contributed by atoms with E-state index in [-0.39, 0.29) is 17.3 Å². The molecule has 120 valence electrons. The number of carbonyl (C=O) groups is 1. The van der Waals surface area contributed by atoms with Crippen molar-refractivity contribution in [2.75, 3.05) is 13.2 Å². The first-order valence-electron chi connectivity index (χ1n) is 8.05. The maximum absolute atomic E-state index is 12.3. The van der Waals surface area contributed by atoms with E-state index in [2.05, 4.69) is 5.32 Å². The molecule has 0 aliphatic carbocycles. The zero-order valence-electron chi connectivity index (χ0n) is 12.6. The second-order valence-electron chi connectivity index (χ2n) is 6.00. The Bertz CT molecular complexity index is 490. The largest absolute Gasteiger partial charge is 0.465 e. The van der Waals surface area contributed by atoms with Crippen molar-refractivity contribution in [2.45, 2.75) is 48.0 Å². The Morgan fingerprint density at radius 1 is 1.18 bits per heavy atom. The SMILES string of the molecule is O=C1OCC[C@H](Sc2ccccc2)[C@@H](O)[C@H]1[C@H]1CCCCN1. The highest BCUT2D eigenvalue weighted by Crippen LogP contribution is 2.34. The summed E-state index contributed by atoms with van der Waals surface area (Å²) < 4.78 is 5.35. The van der Waals surface area contributed by atoms with E-state index in [1.165, 1.54) is 0 Å². The summed E-state index contributed by atoms with van der Waals surface area (Å²) in [6.07, 6.45) is 3.19. The summed E-state index contributed by atoms with van der Waals surface area (Å²) in [5.41, 5.74) is 0. The standard InChI is InChI=1S/C17H23NO3S/c19-16-14(22-12-6-2-1-3-7-12)9-11-21-17(20)15(16)13-8-4-5-10-18-13/h1-3,6-7,13-16,18-19H,4-5,8-11H2/t13-,14+,15-,16-/m1/s1. The number of nitrogens with one attached hydrogen (secondary N) is 1. The summed E-state index contributed by atoms with van der Waals surface area (Å²) in [7, 11) is 0. The second-order valence-corrected chi connectivity index (χ2v) is 7.31. The van der Waals surface area contributed by atoms with Crippen LogP contribution in [0.1, 0.15) is 25.7 Å². The number of cyclic esters (lactones) is 1. The summed E-state index contributed by atoms with van der Waals surface area (Å²) in [4.78, 5) is 13.4. The fourth-order valence-corrected chi connectivity index (χ4v) is 4.49. The minimum atomic E-state index is -0.671. The number of ether oxygens (including phenoxy) is 1. The van der Waals surface area contributed by atoms with Crippen LogP contribution < -0.4 is 5.32 Å². The van der Waals surface area contributed by atoms with Gasteiger partial charge in [-0.25, -0.2) is 0 Å². The van der Waals surface area contributed by atoms with Crippen LogP contribution in [0, 0.1) is 5.92 Å². The van der Waals surface area contributed by atoms with Crippen LogP contribution in [0.15, 0.2) is 35.2 Å². The average molecular weight is 321 g/mol. The number of aliphatic hydroxyl groups excluding tert-OH is 1. The Morgan fingerprint density at radius 2 is 2.00 bits per heavy atom. The third-order valence-corrected chi connectivity index (χ3v) is 5.84. The molecule has 0 amide bonds. The van der Waals surface area contributed by atoms with Gasteiger partial charge in [-0.3, -0.25) is 4.79 Å². The maximum atomic E-state index is 12.3. The van der Waals surface area contributed by atoms with Gasteiger partial charge in [-0.2, -0.15) is 0 Å². The van der Waals surface area contributed by atoms with E-state index in [1.807, 2.05) is 30.3 Å². The summed E-state index contributed by atoms with van der Waals surface area (Å²) in [5, 5.41) is 14.2. The number of aliphatic hydroxyl groups is 1. The quantitative estimate of drug-likeness (QED) is 0.836. The van der Waals surface area contributed by atoms with Crippen LogP contribution in [0.4, 0.5) is 0 Å². The Morgan fingerprint density at radius 3 is 2.73 bits per heavy atom. The van der Waals surface area contributed by atoms with E-state index in [1.54, 1.807) is 11.8 Å². The zero-order chi connectivity index (χ0) is 15.4. The maximum Gasteiger partial charge on any atom is 0.313 e. The molecule has 3 rings (SSSR count). The molecule has 5 heteroatoms. The molecule has 0 saturated carbocycles. The Hall–Kier alpha value is -1.04. The molecule has 0 bridgehead atoms. The topological polar surface area (TPSA) is 58.6 Å². The molecule has 0 unspecified atom stereocenters. The fraction of sp³-hybridized carbons (Fsp3) is 0.588. The molecule has 2 aliphatic heterocycles. The lowest BCUT2D eigenvalue weighted by molar-refractivity contribution is -0.151. The van der Waals surface area contributed by atoms with Gasteiger partial charge >= 0.3 is 5.97 Å². The van der Waals surface area contributed by atoms with Gasteiger partial charge in [0.05, 0.1) is 18.6 Å². The number of piperidine rings is 1. The zero-order valence-corrected chi connectivity index (χ0v) is 13.4. The summed E-state index contributed by atoms with van der Waals surface area (Å²) in [6.45, 7) is 1.31. The predicted octanol–water partition coefficient (Wildman–Crippen LogP) is 2.21. The molecule has 0 aromatic heterocycles. The molecule has 2 fully saturated rings. The van der Waals surface area contributed by atoms with Crippen LogP contribution in [0.3, 0.4) is 0 Å². The fourth-order valence-electron chi connectivity index (χ4n) is 3.30. The van der Waals surface area contributed by atoms with Gasteiger partial charge in [-0.15, -0.1) is 11.8 Å². The van der Waals surface area contributed by atoms with Crippen LogP contribution in [-0.4, -0.2) is 41.6 Å². The minimum absolute atomic E-state index is 0.0115. The number of benzene rings is 1. The van der Waals surface area contributed by atoms with E-state index < -0.39 is 12.0 Å². The number of thioether (sulfide) groups is 1. The normalized spacial score (nSPS) is 33.0. The first kappa shape index (κ1) is 15.8. The number of esters is 1. The van der Waals surface area contributed by atoms with Crippen molar-refractivity contribution in [2.24, 2.45) is 5.92 Å². The van der Waals surface area contributed by atoms with Crippen LogP contribution in [0.5, 0.6) is 0 Å². The van der Waals surface area contributed by atoms with Gasteiger partial charge in [-0.05, 0) is 37.9 Å². The van der Waals surface area contributed by atoms with Crippen molar-refractivity contribution in [1.29, 1.82) is 0 Å². The van der Waals surface area contributed by atoms with Crippen molar-refractivity contribution in [1.82, 2.24) is 5.32 Å². The lowest BCUT2D eigenvalue weighted by atomic mass is 9.86. The van der Waals surface area contributed by atoms with Gasteiger partial charge in [0, 0.05) is 16.2 Å². The molecule has 0 radical (unpaired) electrons. The lowest BCUT2D eigenvalue weighted by Crippen LogP contribution is -2.50. The van der Waals surface area contributed by atoms with Crippen molar-refractivity contribution >= 4 is 17.7 Å². The molecular weight excluding hydrogens is 298 g/mol. The molecule has 2 aliphatic rings. The van der Waals surface area contributed by atoms with Crippen molar-refractivity contribution < 1.29 is 14.6 Å². The van der Waals surface area contributed by atoms with E-state index in [0.717, 1.165) is 30.7 Å². The monoisotopic (exact) mass is 321 g/mol. The molecule has 22 heavy (non-hydrogen) atoms. The molecule has 2 heterocycles. The van der Waals surface area contributed by atoms with Crippen molar-refractivity contribution in [3.63, 3.8) is 0 Å². The molecule has 2 saturated heterocycles. The Kier molecular flexibility index (Phi) is 5.39. The van der Waals surface area contributed by atoms with Crippen molar-refractivity contribution in [3.05, 3.63) is 30.3 Å². The van der Waals surface area contributed by atoms with Crippen LogP contribution in [0.25, 0.3) is 0 Å². The highest BCUT2D eigenvalue weighted by Gasteiger charge is 2.42. The summed E-state index contributed by atoms with van der Waals surface area (Å²) in [5.74, 6) is -0.702. The third-order valence-electron chi connectivity index (χ3n) is 4.48. The minimum Gasteiger partial charge on any atom is -0.465 e. The Labute approximate surface area is 135 Å². The van der Waals surface area contributed by atoms with E-state index in [4.69, 9.17) is 4.74 Å². The number of rotatable bonds is 3. The van der Waals surface area contributed by atoms with Crippen LogP contribution in [0.2, 0.25) is 0 Å². The molecule has 1 aromatic carbocycles. The van der Waals surface area contributed by atoms with E-state index in [0.29, 0.717) is 13.0 Å². The first-order valence-corrected chi connectivity index (χ1v) is 8.93. The Balaban J connectivity index is 1.74. The highest BCUT2D eigenvalue weighted by atomic mass is 32.2. The molecule has 0 spiro atoms. The third kappa shape index (κ3) is 3.65. The van der Waals surface area contributed by atoms with E-state index >= 15 is 0 Å². The van der Waals surface area contributed by atoms with Crippen LogP contribution in [-0.2, 0) is 9.53 Å². The van der Waals surface area contributed by atoms with Gasteiger partial charge in [0.25, 0.3) is 0 Å². The highest BCUT2D eigenvalue weighted by molar-refractivity contribution is 8.00. The van der Waals surface area contributed by atoms with E-state index in [9.17, 15) is 9.90 Å². The molecular formula is C17H23NO3S. The first-order chi connectivity index (χ1) is 10.8. The van der Waals surface area contributed by atoms with Gasteiger partial charge in [0.2, 0.25) is 0 Å². The van der Waals surface area contributed by atoms with Gasteiger partial charge in [0.1, 0.15) is 0 Å². The lowest BCUT2D eigenvalue weighted by Gasteiger charge is -2.33. The predicted molar refractivity (Wildman–Crippen MR) is 86.8 cm³/mol. The van der Waals surface area contributed by atoms with Gasteiger partial charge < -0.3 is 15.2 Å². The average Bonchev–Trinajstić information content (AvgIpc) is 2.68. The molecule has 2 N–H and O–H groups in total. The van der Waals surface area contributed by atoms with Gasteiger partial charge in [0.15, 0.2) is 0 Å². The second kappa shape index (κ2) is 7.49. The number of hydrogen-bond donors (Lipinski definition) is 2. The number of hydrogen-bond acceptors (Lipinski definition) is 5. The van der Waals surface area contributed by atoms with Crippen LogP contribution >= 0.6 is 11.8 Å².